The maximum absolute atomic E-state index is 6.07. The number of benzene rings is 1. The van der Waals surface area contributed by atoms with Gasteiger partial charge >= 0.3 is 0 Å². The van der Waals surface area contributed by atoms with E-state index in [1.807, 2.05) is 11.8 Å². The number of rotatable bonds is 1. The number of nitrogens with two attached hydrogens (primary N) is 1. The van der Waals surface area contributed by atoms with Gasteiger partial charge in [-0.25, -0.2) is 4.98 Å². The first kappa shape index (κ1) is 11.6. The zero-order valence-corrected chi connectivity index (χ0v) is 12.4. The molecule has 0 amide bonds. The van der Waals surface area contributed by atoms with Gasteiger partial charge in [0.2, 0.25) is 5.95 Å². The molecule has 1 fully saturated rings. The van der Waals surface area contributed by atoms with Crippen LogP contribution in [0.25, 0.3) is 11.0 Å². The Bertz CT molecular complexity index is 546. The number of anilines is 1. The molecule has 0 radical (unpaired) electrons. The fraction of sp³-hybridized carbons (Fsp3) is 0.417. The molecule has 0 saturated carbocycles. The van der Waals surface area contributed by atoms with Gasteiger partial charge in [0.15, 0.2) is 0 Å². The summed E-state index contributed by atoms with van der Waals surface area (Å²) in [7, 11) is 0. The van der Waals surface area contributed by atoms with Crippen molar-refractivity contribution in [2.45, 2.75) is 18.9 Å². The SMILES string of the molecule is Nc1nc2cc(I)ccc2n1C1CCCSC1. The van der Waals surface area contributed by atoms with Crippen molar-refractivity contribution >= 4 is 51.3 Å². The van der Waals surface area contributed by atoms with Crippen molar-refractivity contribution < 1.29 is 0 Å². The van der Waals surface area contributed by atoms with E-state index >= 15 is 0 Å². The lowest BCUT2D eigenvalue weighted by molar-refractivity contribution is 0.517. The Morgan fingerprint density at radius 3 is 3.12 bits per heavy atom. The molecule has 1 unspecified atom stereocenters. The van der Waals surface area contributed by atoms with Crippen LogP contribution >= 0.6 is 34.4 Å². The van der Waals surface area contributed by atoms with Crippen molar-refractivity contribution in [2.24, 2.45) is 0 Å². The number of fused-ring (bicyclic) bond motifs is 1. The van der Waals surface area contributed by atoms with Gasteiger partial charge in [0, 0.05) is 15.4 Å². The van der Waals surface area contributed by atoms with Gasteiger partial charge in [-0.15, -0.1) is 0 Å². The van der Waals surface area contributed by atoms with Gasteiger partial charge in [-0.05, 0) is 59.4 Å². The number of aromatic nitrogens is 2. The normalized spacial score (nSPS) is 20.9. The second-order valence-electron chi connectivity index (χ2n) is 4.34. The average Bonchev–Trinajstić information content (AvgIpc) is 2.65. The van der Waals surface area contributed by atoms with Crippen molar-refractivity contribution in [1.29, 1.82) is 0 Å². The maximum atomic E-state index is 6.07. The standard InChI is InChI=1S/C12H14IN3S/c13-8-3-4-11-10(6-8)15-12(14)16(11)9-2-1-5-17-7-9/h3-4,6,9H,1-2,5,7H2,(H2,14,15). The van der Waals surface area contributed by atoms with E-state index in [2.05, 4.69) is 50.3 Å². The molecule has 0 aliphatic carbocycles. The summed E-state index contributed by atoms with van der Waals surface area (Å²) in [4.78, 5) is 4.48. The zero-order valence-electron chi connectivity index (χ0n) is 9.40. The summed E-state index contributed by atoms with van der Waals surface area (Å²) >= 11 is 4.33. The molecule has 3 rings (SSSR count). The highest BCUT2D eigenvalue weighted by molar-refractivity contribution is 14.1. The molecule has 1 aliphatic heterocycles. The highest BCUT2D eigenvalue weighted by Crippen LogP contribution is 2.32. The van der Waals surface area contributed by atoms with Crippen molar-refractivity contribution in [3.05, 3.63) is 21.8 Å². The van der Waals surface area contributed by atoms with Gasteiger partial charge in [0.25, 0.3) is 0 Å². The molecule has 1 aromatic heterocycles. The van der Waals surface area contributed by atoms with E-state index in [-0.39, 0.29) is 0 Å². The first-order valence-corrected chi connectivity index (χ1v) is 8.00. The summed E-state index contributed by atoms with van der Waals surface area (Å²) in [5.74, 6) is 3.09. The van der Waals surface area contributed by atoms with E-state index in [0.717, 1.165) is 11.3 Å². The Kier molecular flexibility index (Phi) is 3.21. The molecule has 0 spiro atoms. The minimum atomic E-state index is 0.513. The largest absolute Gasteiger partial charge is 0.369 e. The predicted octanol–water partition coefficient (Wildman–Crippen LogP) is 3.29. The second kappa shape index (κ2) is 4.68. The molecule has 1 aliphatic rings. The lowest BCUT2D eigenvalue weighted by atomic mass is 10.2. The number of nitrogens with zero attached hydrogens (tertiary/aromatic N) is 2. The van der Waals surface area contributed by atoms with Crippen molar-refractivity contribution in [3.8, 4) is 0 Å². The van der Waals surface area contributed by atoms with Gasteiger partial charge in [-0.2, -0.15) is 11.8 Å². The minimum absolute atomic E-state index is 0.513. The Morgan fingerprint density at radius 2 is 2.35 bits per heavy atom. The van der Waals surface area contributed by atoms with Gasteiger partial charge in [0.1, 0.15) is 0 Å². The molecule has 2 N–H and O–H groups in total. The van der Waals surface area contributed by atoms with Crippen LogP contribution in [-0.4, -0.2) is 21.1 Å². The third-order valence-electron chi connectivity index (χ3n) is 3.18. The van der Waals surface area contributed by atoms with Gasteiger partial charge in [0.05, 0.1) is 11.0 Å². The number of hydrogen-bond acceptors (Lipinski definition) is 3. The van der Waals surface area contributed by atoms with Crippen LogP contribution in [-0.2, 0) is 0 Å². The van der Waals surface area contributed by atoms with Crippen LogP contribution in [0.3, 0.4) is 0 Å². The molecule has 0 bridgehead atoms. The zero-order chi connectivity index (χ0) is 11.8. The monoisotopic (exact) mass is 359 g/mol. The van der Waals surface area contributed by atoms with E-state index in [1.165, 1.54) is 27.7 Å². The molecular weight excluding hydrogens is 345 g/mol. The summed E-state index contributed by atoms with van der Waals surface area (Å²) in [5.41, 5.74) is 8.27. The number of hydrogen-bond donors (Lipinski definition) is 1. The number of thioether (sulfide) groups is 1. The Balaban J connectivity index is 2.11. The molecular formula is C12H14IN3S. The number of nitrogen functional groups attached to an aromatic ring is 1. The Morgan fingerprint density at radius 1 is 1.47 bits per heavy atom. The Hall–Kier alpha value is -0.430. The van der Waals surface area contributed by atoms with Crippen LogP contribution in [0, 0.1) is 3.57 Å². The molecule has 1 aromatic carbocycles. The van der Waals surface area contributed by atoms with Crippen molar-refractivity contribution in [1.82, 2.24) is 9.55 Å². The van der Waals surface area contributed by atoms with Gasteiger partial charge < -0.3 is 10.3 Å². The first-order valence-electron chi connectivity index (χ1n) is 5.76. The minimum Gasteiger partial charge on any atom is -0.369 e. The fourth-order valence-corrected chi connectivity index (χ4v) is 4.00. The van der Waals surface area contributed by atoms with Crippen LogP contribution in [0.5, 0.6) is 0 Å². The van der Waals surface area contributed by atoms with Gasteiger partial charge in [-0.1, -0.05) is 0 Å². The third kappa shape index (κ3) is 2.14. The maximum Gasteiger partial charge on any atom is 0.201 e. The van der Waals surface area contributed by atoms with Crippen LogP contribution in [0.2, 0.25) is 0 Å². The van der Waals surface area contributed by atoms with E-state index in [4.69, 9.17) is 5.73 Å². The van der Waals surface area contributed by atoms with Crippen molar-refractivity contribution in [3.63, 3.8) is 0 Å². The number of imidazole rings is 1. The van der Waals surface area contributed by atoms with E-state index in [9.17, 15) is 0 Å². The highest BCUT2D eigenvalue weighted by Gasteiger charge is 2.20. The lowest BCUT2D eigenvalue weighted by Crippen LogP contribution is -2.17. The molecule has 1 atom stereocenters. The van der Waals surface area contributed by atoms with Crippen LogP contribution in [0.4, 0.5) is 5.95 Å². The molecule has 90 valence electrons. The quantitative estimate of drug-likeness (QED) is 0.795. The van der Waals surface area contributed by atoms with E-state index < -0.39 is 0 Å². The fourth-order valence-electron chi connectivity index (χ4n) is 2.40. The van der Waals surface area contributed by atoms with Gasteiger partial charge in [-0.3, -0.25) is 0 Å². The van der Waals surface area contributed by atoms with E-state index in [0.29, 0.717) is 12.0 Å². The molecule has 3 nitrogen and oxygen atoms in total. The average molecular weight is 359 g/mol. The predicted molar refractivity (Wildman–Crippen MR) is 82.5 cm³/mol. The summed E-state index contributed by atoms with van der Waals surface area (Å²) < 4.78 is 3.43. The van der Waals surface area contributed by atoms with E-state index in [1.54, 1.807) is 0 Å². The van der Waals surface area contributed by atoms with Crippen molar-refractivity contribution in [2.75, 3.05) is 17.2 Å². The summed E-state index contributed by atoms with van der Waals surface area (Å²) in [5, 5.41) is 0. The summed E-state index contributed by atoms with van der Waals surface area (Å²) in [6.45, 7) is 0. The molecule has 2 aromatic rings. The summed E-state index contributed by atoms with van der Waals surface area (Å²) in [6, 6.07) is 6.87. The molecule has 1 saturated heterocycles. The second-order valence-corrected chi connectivity index (χ2v) is 6.74. The van der Waals surface area contributed by atoms with Crippen LogP contribution in [0.1, 0.15) is 18.9 Å². The highest BCUT2D eigenvalue weighted by atomic mass is 127. The topological polar surface area (TPSA) is 43.8 Å². The molecule has 17 heavy (non-hydrogen) atoms. The van der Waals surface area contributed by atoms with Crippen LogP contribution < -0.4 is 5.73 Å². The third-order valence-corrected chi connectivity index (χ3v) is 5.05. The Labute approximate surface area is 118 Å². The lowest BCUT2D eigenvalue weighted by Gasteiger charge is -2.24. The molecule has 5 heteroatoms. The molecule has 2 heterocycles. The summed E-state index contributed by atoms with van der Waals surface area (Å²) in [6.07, 6.45) is 2.49. The first-order chi connectivity index (χ1) is 8.25. The van der Waals surface area contributed by atoms with Crippen LogP contribution in [0.15, 0.2) is 18.2 Å². The number of halogens is 1. The smallest absolute Gasteiger partial charge is 0.201 e.